The number of hydrogen-bond donors (Lipinski definition) is 1. The number of amides is 2. The first kappa shape index (κ1) is 22.5. The summed E-state index contributed by atoms with van der Waals surface area (Å²) < 4.78 is 5.36. The van der Waals surface area contributed by atoms with E-state index in [0.717, 1.165) is 5.56 Å². The summed E-state index contributed by atoms with van der Waals surface area (Å²) in [5, 5.41) is 2.89. The maximum absolute atomic E-state index is 13.1. The molecule has 3 aromatic rings. The van der Waals surface area contributed by atoms with Crippen molar-refractivity contribution in [3.63, 3.8) is 0 Å². The molecule has 2 amide bonds. The SMILES string of the molecule is Cc1ncc(C(=O)NCCc2nc(-c3ccccc3)ncc2C(=O)N2CCOCC2)c(C)n1. The molecule has 0 spiro atoms. The molecule has 0 bridgehead atoms. The van der Waals surface area contributed by atoms with Gasteiger partial charge < -0.3 is 15.0 Å². The Morgan fingerprint density at radius 1 is 1.00 bits per heavy atom. The van der Waals surface area contributed by atoms with Crippen molar-refractivity contribution in [3.8, 4) is 11.4 Å². The molecule has 0 saturated carbocycles. The Kier molecular flexibility index (Phi) is 6.99. The van der Waals surface area contributed by atoms with Gasteiger partial charge in [-0.1, -0.05) is 30.3 Å². The fraction of sp³-hybridized carbons (Fsp3) is 0.333. The summed E-state index contributed by atoms with van der Waals surface area (Å²) in [6.45, 7) is 5.95. The molecule has 0 radical (unpaired) electrons. The zero-order valence-electron chi connectivity index (χ0n) is 18.7. The molecule has 0 unspecified atom stereocenters. The van der Waals surface area contributed by atoms with Gasteiger partial charge in [0, 0.05) is 44.0 Å². The van der Waals surface area contributed by atoms with Gasteiger partial charge in [-0.3, -0.25) is 9.59 Å². The highest BCUT2D eigenvalue weighted by molar-refractivity contribution is 5.96. The second-order valence-corrected chi connectivity index (χ2v) is 7.75. The highest BCUT2D eigenvalue weighted by Gasteiger charge is 2.23. The summed E-state index contributed by atoms with van der Waals surface area (Å²) in [6.07, 6.45) is 3.49. The maximum Gasteiger partial charge on any atom is 0.257 e. The van der Waals surface area contributed by atoms with Crippen molar-refractivity contribution < 1.29 is 14.3 Å². The number of ether oxygens (including phenoxy) is 1. The third kappa shape index (κ3) is 5.38. The summed E-state index contributed by atoms with van der Waals surface area (Å²) in [5.74, 6) is 0.774. The lowest BCUT2D eigenvalue weighted by molar-refractivity contribution is 0.0301. The Balaban J connectivity index is 1.54. The fourth-order valence-corrected chi connectivity index (χ4v) is 3.65. The van der Waals surface area contributed by atoms with Gasteiger partial charge in [0.25, 0.3) is 11.8 Å². The van der Waals surface area contributed by atoms with Crippen LogP contribution >= 0.6 is 0 Å². The summed E-state index contributed by atoms with van der Waals surface area (Å²) in [7, 11) is 0. The molecular formula is C24H26N6O3. The molecule has 1 aromatic carbocycles. The van der Waals surface area contributed by atoms with Crippen LogP contribution in [-0.4, -0.2) is 69.5 Å². The van der Waals surface area contributed by atoms with E-state index in [4.69, 9.17) is 9.72 Å². The molecule has 1 aliphatic rings. The van der Waals surface area contributed by atoms with Gasteiger partial charge in [-0.25, -0.2) is 19.9 Å². The highest BCUT2D eigenvalue weighted by atomic mass is 16.5. The quantitative estimate of drug-likeness (QED) is 0.617. The van der Waals surface area contributed by atoms with Crippen LogP contribution in [0.2, 0.25) is 0 Å². The standard InChI is InChI=1S/C24H26N6O3/c1-16-19(14-26-17(2)28-16)23(31)25-9-8-21-20(24(32)30-10-12-33-13-11-30)15-27-22(29-21)18-6-4-3-5-7-18/h3-7,14-15H,8-13H2,1-2H3,(H,25,31). The van der Waals surface area contributed by atoms with Crippen LogP contribution in [0.25, 0.3) is 11.4 Å². The Labute approximate surface area is 192 Å². The average molecular weight is 447 g/mol. The van der Waals surface area contributed by atoms with Gasteiger partial charge >= 0.3 is 0 Å². The molecule has 170 valence electrons. The van der Waals surface area contributed by atoms with E-state index in [2.05, 4.69) is 20.3 Å². The van der Waals surface area contributed by atoms with Crippen molar-refractivity contribution in [1.29, 1.82) is 0 Å². The molecular weight excluding hydrogens is 420 g/mol. The zero-order valence-corrected chi connectivity index (χ0v) is 18.7. The molecule has 1 saturated heterocycles. The molecule has 9 heteroatoms. The number of carbonyl (C=O) groups is 2. The van der Waals surface area contributed by atoms with Crippen molar-refractivity contribution >= 4 is 11.8 Å². The number of morpholine rings is 1. The first-order chi connectivity index (χ1) is 16.0. The third-order valence-electron chi connectivity index (χ3n) is 5.42. The fourth-order valence-electron chi connectivity index (χ4n) is 3.65. The molecule has 1 fully saturated rings. The van der Waals surface area contributed by atoms with E-state index in [1.807, 2.05) is 30.3 Å². The summed E-state index contributed by atoms with van der Waals surface area (Å²) in [6, 6.07) is 9.59. The maximum atomic E-state index is 13.1. The Morgan fingerprint density at radius 2 is 1.73 bits per heavy atom. The second kappa shape index (κ2) is 10.3. The molecule has 9 nitrogen and oxygen atoms in total. The number of aryl methyl sites for hydroxylation is 2. The van der Waals surface area contributed by atoms with Gasteiger partial charge in [-0.05, 0) is 13.8 Å². The first-order valence-corrected chi connectivity index (χ1v) is 10.9. The number of carbonyl (C=O) groups excluding carboxylic acids is 2. The third-order valence-corrected chi connectivity index (χ3v) is 5.42. The number of benzene rings is 1. The predicted octanol–water partition coefficient (Wildman–Crippen LogP) is 2.00. The van der Waals surface area contributed by atoms with Gasteiger partial charge in [0.05, 0.1) is 35.7 Å². The highest BCUT2D eigenvalue weighted by Crippen LogP contribution is 2.18. The van der Waals surface area contributed by atoms with E-state index in [9.17, 15) is 9.59 Å². The van der Waals surface area contributed by atoms with Crippen molar-refractivity contribution in [2.75, 3.05) is 32.8 Å². The van der Waals surface area contributed by atoms with Crippen molar-refractivity contribution in [2.45, 2.75) is 20.3 Å². The predicted molar refractivity (Wildman–Crippen MR) is 122 cm³/mol. The van der Waals surface area contributed by atoms with Crippen molar-refractivity contribution in [2.24, 2.45) is 0 Å². The molecule has 1 N–H and O–H groups in total. The van der Waals surface area contributed by atoms with Gasteiger partial charge in [-0.15, -0.1) is 0 Å². The van der Waals surface area contributed by atoms with E-state index in [1.165, 1.54) is 6.20 Å². The van der Waals surface area contributed by atoms with Crippen LogP contribution in [0.5, 0.6) is 0 Å². The molecule has 3 heterocycles. The second-order valence-electron chi connectivity index (χ2n) is 7.75. The van der Waals surface area contributed by atoms with Crippen LogP contribution in [0.15, 0.2) is 42.7 Å². The van der Waals surface area contributed by atoms with Crippen LogP contribution < -0.4 is 5.32 Å². The van der Waals surface area contributed by atoms with Gasteiger partial charge in [0.1, 0.15) is 5.82 Å². The zero-order chi connectivity index (χ0) is 23.2. The Bertz CT molecular complexity index is 1150. The normalized spacial score (nSPS) is 13.6. The monoisotopic (exact) mass is 446 g/mol. The largest absolute Gasteiger partial charge is 0.378 e. The van der Waals surface area contributed by atoms with Crippen LogP contribution in [0.1, 0.15) is 37.9 Å². The van der Waals surface area contributed by atoms with Gasteiger partial charge in [0.2, 0.25) is 0 Å². The topological polar surface area (TPSA) is 110 Å². The molecule has 2 aromatic heterocycles. The number of rotatable bonds is 6. The number of aromatic nitrogens is 4. The summed E-state index contributed by atoms with van der Waals surface area (Å²) in [5.41, 5.74) is 2.95. The minimum Gasteiger partial charge on any atom is -0.378 e. The Hall–Kier alpha value is -3.72. The van der Waals surface area contributed by atoms with Crippen LogP contribution in [0, 0.1) is 13.8 Å². The minimum absolute atomic E-state index is 0.123. The van der Waals surface area contributed by atoms with E-state index in [1.54, 1.807) is 24.9 Å². The van der Waals surface area contributed by atoms with Crippen molar-refractivity contribution in [3.05, 3.63) is 71.1 Å². The molecule has 33 heavy (non-hydrogen) atoms. The van der Waals surface area contributed by atoms with E-state index >= 15 is 0 Å². The number of nitrogens with zero attached hydrogens (tertiary/aromatic N) is 5. The first-order valence-electron chi connectivity index (χ1n) is 10.9. The van der Waals surface area contributed by atoms with E-state index < -0.39 is 0 Å². The van der Waals surface area contributed by atoms with Crippen LogP contribution in [-0.2, 0) is 11.2 Å². The average Bonchev–Trinajstić information content (AvgIpc) is 2.84. The summed E-state index contributed by atoms with van der Waals surface area (Å²) >= 11 is 0. The molecule has 0 aliphatic carbocycles. The van der Waals surface area contributed by atoms with Gasteiger partial charge in [0.15, 0.2) is 5.82 Å². The molecule has 1 aliphatic heterocycles. The van der Waals surface area contributed by atoms with Crippen LogP contribution in [0.4, 0.5) is 0 Å². The number of hydrogen-bond acceptors (Lipinski definition) is 7. The lowest BCUT2D eigenvalue weighted by atomic mass is 10.1. The summed E-state index contributed by atoms with van der Waals surface area (Å²) in [4.78, 5) is 45.0. The molecule has 4 rings (SSSR count). The van der Waals surface area contributed by atoms with Crippen LogP contribution in [0.3, 0.4) is 0 Å². The van der Waals surface area contributed by atoms with E-state index in [0.29, 0.717) is 73.4 Å². The smallest absolute Gasteiger partial charge is 0.257 e. The lowest BCUT2D eigenvalue weighted by Gasteiger charge is -2.27. The minimum atomic E-state index is -0.258. The molecule has 0 atom stereocenters. The number of nitrogens with one attached hydrogen (secondary N) is 1. The lowest BCUT2D eigenvalue weighted by Crippen LogP contribution is -2.41. The van der Waals surface area contributed by atoms with E-state index in [-0.39, 0.29) is 11.8 Å². The van der Waals surface area contributed by atoms with Crippen molar-refractivity contribution in [1.82, 2.24) is 30.2 Å². The Morgan fingerprint density at radius 3 is 2.45 bits per heavy atom. The van der Waals surface area contributed by atoms with Gasteiger partial charge in [-0.2, -0.15) is 0 Å².